The quantitative estimate of drug-likeness (QED) is 0.245. The second-order valence-electron chi connectivity index (χ2n) is 11.0. The van der Waals surface area contributed by atoms with Gasteiger partial charge in [0.2, 0.25) is 0 Å². The van der Waals surface area contributed by atoms with Gasteiger partial charge >= 0.3 is 0 Å². The molecule has 5 aromatic rings. The van der Waals surface area contributed by atoms with Crippen molar-refractivity contribution in [2.24, 2.45) is 12.8 Å². The van der Waals surface area contributed by atoms with Gasteiger partial charge in [0.25, 0.3) is 5.56 Å². The fourth-order valence-electron chi connectivity index (χ4n) is 5.59. The van der Waals surface area contributed by atoms with Gasteiger partial charge in [-0.25, -0.2) is 4.98 Å². The Morgan fingerprint density at radius 2 is 1.72 bits per heavy atom. The molecule has 0 unspecified atom stereocenters. The summed E-state index contributed by atoms with van der Waals surface area (Å²) in [5.41, 5.74) is 9.96. The molecule has 0 amide bonds. The van der Waals surface area contributed by atoms with E-state index in [9.17, 15) is 9.90 Å². The number of aromatic nitrogens is 4. The molecule has 6 rings (SSSR count). The number of rotatable bonds is 7. The molecule has 4 heterocycles. The van der Waals surface area contributed by atoms with Crippen LogP contribution in [0.5, 0.6) is 0 Å². The highest BCUT2D eigenvalue weighted by molar-refractivity contribution is 6.31. The monoisotopic (exact) mass is 644 g/mol. The smallest absolute Gasteiger partial charge is 0.281 e. The maximum absolute atomic E-state index is 13.4. The zero-order chi connectivity index (χ0) is 28.7. The molecule has 0 aliphatic carbocycles. The number of piperidine rings is 1. The number of aliphatic hydroxyl groups is 1. The molecule has 3 aromatic heterocycles. The van der Waals surface area contributed by atoms with Crippen molar-refractivity contribution in [3.05, 3.63) is 93.2 Å². The number of nitrogens with zero attached hydrogens (tertiary/aromatic N) is 5. The van der Waals surface area contributed by atoms with Crippen molar-refractivity contribution in [1.29, 1.82) is 0 Å². The lowest BCUT2D eigenvalue weighted by Gasteiger charge is -2.38. The van der Waals surface area contributed by atoms with E-state index in [1.807, 2.05) is 61.5 Å². The summed E-state index contributed by atoms with van der Waals surface area (Å²) in [6, 6.07) is 17.7. The predicted molar refractivity (Wildman–Crippen MR) is 174 cm³/mol. The Hall–Kier alpha value is -3.18. The molecule has 1 aliphatic rings. The number of fused-ring (bicyclic) bond motifs is 1. The minimum absolute atomic E-state index is 0. The zero-order valence-corrected chi connectivity index (χ0v) is 26.4. The van der Waals surface area contributed by atoms with Crippen LogP contribution in [0.25, 0.3) is 33.6 Å². The summed E-state index contributed by atoms with van der Waals surface area (Å²) in [6.45, 7) is 4.59. The SMILES string of the molecule is Cc1ccc(-c2ccc(CN3CCC(O)(Cn4cnc5c(-c6ccc(CN)cc6)n(C)nc5c4=O)CC3)c(Cl)c2)o1.Cl.Cl. The molecule has 0 spiro atoms. The number of likely N-dealkylation sites (tertiary alicyclic amines) is 1. The van der Waals surface area contributed by atoms with Gasteiger partial charge in [0.05, 0.1) is 24.2 Å². The highest BCUT2D eigenvalue weighted by Crippen LogP contribution is 2.31. The van der Waals surface area contributed by atoms with Gasteiger partial charge in [0, 0.05) is 49.4 Å². The lowest BCUT2D eigenvalue weighted by Crippen LogP contribution is -2.47. The van der Waals surface area contributed by atoms with Crippen LogP contribution in [-0.4, -0.2) is 48.0 Å². The Balaban J connectivity index is 0.00000212. The summed E-state index contributed by atoms with van der Waals surface area (Å²) in [4.78, 5) is 20.3. The van der Waals surface area contributed by atoms with Gasteiger partial charge in [-0.3, -0.25) is 18.9 Å². The summed E-state index contributed by atoms with van der Waals surface area (Å²) in [5, 5.41) is 16.6. The van der Waals surface area contributed by atoms with Gasteiger partial charge in [-0.1, -0.05) is 48.0 Å². The van der Waals surface area contributed by atoms with E-state index in [1.54, 1.807) is 11.7 Å². The number of hydrogen-bond donors (Lipinski definition) is 2. The summed E-state index contributed by atoms with van der Waals surface area (Å²) in [5.74, 6) is 1.66. The number of benzene rings is 2. The molecule has 43 heavy (non-hydrogen) atoms. The van der Waals surface area contributed by atoms with Crippen LogP contribution in [0.3, 0.4) is 0 Å². The van der Waals surface area contributed by atoms with E-state index in [0.717, 1.165) is 39.5 Å². The Morgan fingerprint density at radius 3 is 2.35 bits per heavy atom. The van der Waals surface area contributed by atoms with E-state index in [-0.39, 0.29) is 42.4 Å². The Labute approximate surface area is 267 Å². The molecule has 228 valence electrons. The molecule has 3 N–H and O–H groups in total. The van der Waals surface area contributed by atoms with E-state index in [4.69, 9.17) is 21.8 Å². The molecule has 12 heteroatoms. The molecule has 0 atom stereocenters. The number of aryl methyl sites for hydroxylation is 2. The van der Waals surface area contributed by atoms with E-state index in [1.165, 1.54) is 10.9 Å². The van der Waals surface area contributed by atoms with Crippen molar-refractivity contribution in [2.75, 3.05) is 13.1 Å². The topological polar surface area (TPSA) is 115 Å². The van der Waals surface area contributed by atoms with Crippen molar-refractivity contribution < 1.29 is 9.52 Å². The second-order valence-corrected chi connectivity index (χ2v) is 11.4. The molecule has 0 saturated carbocycles. The van der Waals surface area contributed by atoms with Crippen molar-refractivity contribution in [1.82, 2.24) is 24.2 Å². The van der Waals surface area contributed by atoms with E-state index in [2.05, 4.69) is 15.0 Å². The second kappa shape index (κ2) is 13.2. The summed E-state index contributed by atoms with van der Waals surface area (Å²) in [7, 11) is 1.80. The Bertz CT molecular complexity index is 1770. The third kappa shape index (κ3) is 6.67. The first-order valence-corrected chi connectivity index (χ1v) is 14.1. The Morgan fingerprint density at radius 1 is 1.02 bits per heavy atom. The first-order chi connectivity index (χ1) is 19.7. The van der Waals surface area contributed by atoms with Crippen molar-refractivity contribution >= 4 is 47.4 Å². The van der Waals surface area contributed by atoms with Crippen LogP contribution in [0.2, 0.25) is 5.02 Å². The minimum Gasteiger partial charge on any atom is -0.461 e. The largest absolute Gasteiger partial charge is 0.461 e. The first kappa shape index (κ1) is 32.7. The normalized spacial score (nSPS) is 14.8. The van der Waals surface area contributed by atoms with Crippen LogP contribution < -0.4 is 11.3 Å². The fraction of sp³-hybridized carbons (Fsp3) is 0.323. The van der Waals surface area contributed by atoms with Crippen LogP contribution in [0.15, 0.2) is 70.1 Å². The number of nitrogens with two attached hydrogens (primary N) is 1. The third-order valence-corrected chi connectivity index (χ3v) is 8.35. The van der Waals surface area contributed by atoms with Crippen LogP contribution in [0.4, 0.5) is 0 Å². The molecule has 1 fully saturated rings. The average molecular weight is 646 g/mol. The zero-order valence-electron chi connectivity index (χ0n) is 24.0. The molecule has 9 nitrogen and oxygen atoms in total. The van der Waals surface area contributed by atoms with Crippen LogP contribution >= 0.6 is 36.4 Å². The molecular weight excluding hydrogens is 611 g/mol. The predicted octanol–water partition coefficient (Wildman–Crippen LogP) is 5.35. The first-order valence-electron chi connectivity index (χ1n) is 13.7. The van der Waals surface area contributed by atoms with Gasteiger partial charge in [-0.2, -0.15) is 5.10 Å². The van der Waals surface area contributed by atoms with Crippen molar-refractivity contribution in [3.8, 4) is 22.6 Å². The van der Waals surface area contributed by atoms with E-state index < -0.39 is 5.60 Å². The lowest BCUT2D eigenvalue weighted by molar-refractivity contribution is -0.0364. The van der Waals surface area contributed by atoms with Crippen molar-refractivity contribution in [3.63, 3.8) is 0 Å². The van der Waals surface area contributed by atoms with Gasteiger partial charge in [-0.15, -0.1) is 24.8 Å². The van der Waals surface area contributed by atoms with Crippen LogP contribution in [0.1, 0.15) is 29.7 Å². The summed E-state index contributed by atoms with van der Waals surface area (Å²) < 4.78 is 8.88. The molecule has 0 bridgehead atoms. The summed E-state index contributed by atoms with van der Waals surface area (Å²) in [6.07, 6.45) is 2.58. The number of halogens is 3. The molecule has 0 radical (unpaired) electrons. The van der Waals surface area contributed by atoms with Gasteiger partial charge < -0.3 is 15.3 Å². The minimum atomic E-state index is -1.02. The third-order valence-electron chi connectivity index (χ3n) is 8.00. The number of hydrogen-bond acceptors (Lipinski definition) is 7. The van der Waals surface area contributed by atoms with Gasteiger partial charge in [0.1, 0.15) is 17.0 Å². The molecule has 1 aliphatic heterocycles. The lowest BCUT2D eigenvalue weighted by atomic mass is 9.91. The fourth-order valence-corrected chi connectivity index (χ4v) is 5.83. The van der Waals surface area contributed by atoms with Crippen molar-refractivity contribution in [2.45, 2.75) is 45.0 Å². The molecule has 1 saturated heterocycles. The maximum atomic E-state index is 13.4. The standard InChI is InChI=1S/C31H33ClN6O3.2ClH/c1-20-3-10-26(41-20)23-8-9-24(25(32)15-23)17-37-13-11-31(40,12-14-37)18-38-19-34-27-28(30(38)39)35-36(2)29(27)22-6-4-21(16-33)5-7-22;;/h3-10,15,19,40H,11-14,16-18,33H2,1-2H3;2*1H. The average Bonchev–Trinajstić information content (AvgIpc) is 3.55. The highest BCUT2D eigenvalue weighted by atomic mass is 35.5. The van der Waals surface area contributed by atoms with Gasteiger partial charge in [0.15, 0.2) is 5.52 Å². The van der Waals surface area contributed by atoms with E-state index >= 15 is 0 Å². The highest BCUT2D eigenvalue weighted by Gasteiger charge is 2.33. The Kier molecular flexibility index (Phi) is 10.1. The number of furan rings is 1. The molecule has 2 aromatic carbocycles. The maximum Gasteiger partial charge on any atom is 0.281 e. The summed E-state index contributed by atoms with van der Waals surface area (Å²) >= 11 is 6.62. The molecular formula is C31H35Cl3N6O3. The van der Waals surface area contributed by atoms with Crippen LogP contribution in [0, 0.1) is 6.92 Å². The van der Waals surface area contributed by atoms with Gasteiger partial charge in [-0.05, 0) is 49.1 Å². The van der Waals surface area contributed by atoms with E-state index in [0.29, 0.717) is 49.6 Å². The van der Waals surface area contributed by atoms with Crippen LogP contribution in [-0.2, 0) is 26.7 Å².